The minimum absolute atomic E-state index is 0.345. The summed E-state index contributed by atoms with van der Waals surface area (Å²) >= 11 is 0. The summed E-state index contributed by atoms with van der Waals surface area (Å²) in [6.45, 7) is 0.880. The molecule has 0 radical (unpaired) electrons. The molecule has 0 aromatic carbocycles. The molecule has 0 heterocycles. The van der Waals surface area contributed by atoms with Gasteiger partial charge >= 0.3 is 12.1 Å². The average Bonchev–Trinajstić information content (AvgIpc) is 2.42. The van der Waals surface area contributed by atoms with E-state index in [2.05, 4.69) is 5.32 Å². The van der Waals surface area contributed by atoms with Crippen molar-refractivity contribution in [1.82, 2.24) is 5.32 Å². The standard InChI is InChI=1S/C13H24N2O4/c14-11(12(16)17)7-4-8-15-13(18)19-9-10-5-2-1-3-6-10/h10-11H,1-9,14H2,(H,15,18)(H,16,17). The molecule has 0 aliphatic heterocycles. The van der Waals surface area contributed by atoms with Gasteiger partial charge in [0.15, 0.2) is 0 Å². The van der Waals surface area contributed by atoms with Gasteiger partial charge in [0, 0.05) is 6.54 Å². The summed E-state index contributed by atoms with van der Waals surface area (Å²) in [7, 11) is 0. The van der Waals surface area contributed by atoms with Crippen LogP contribution in [-0.4, -0.2) is 36.4 Å². The van der Waals surface area contributed by atoms with Gasteiger partial charge in [0.1, 0.15) is 6.04 Å². The highest BCUT2D eigenvalue weighted by atomic mass is 16.5. The predicted molar refractivity (Wildman–Crippen MR) is 70.8 cm³/mol. The molecule has 6 nitrogen and oxygen atoms in total. The van der Waals surface area contributed by atoms with Crippen LogP contribution >= 0.6 is 0 Å². The zero-order chi connectivity index (χ0) is 14.1. The van der Waals surface area contributed by atoms with E-state index in [4.69, 9.17) is 15.6 Å². The van der Waals surface area contributed by atoms with Gasteiger partial charge in [-0.1, -0.05) is 19.3 Å². The number of hydrogen-bond donors (Lipinski definition) is 3. The molecule has 0 aromatic rings. The van der Waals surface area contributed by atoms with Crippen molar-refractivity contribution in [2.45, 2.75) is 51.0 Å². The van der Waals surface area contributed by atoms with E-state index >= 15 is 0 Å². The van der Waals surface area contributed by atoms with Crippen LogP contribution in [0.5, 0.6) is 0 Å². The van der Waals surface area contributed by atoms with E-state index in [1.54, 1.807) is 0 Å². The van der Waals surface area contributed by atoms with Crippen LogP contribution < -0.4 is 11.1 Å². The van der Waals surface area contributed by atoms with Crippen LogP contribution in [-0.2, 0) is 9.53 Å². The number of nitrogens with one attached hydrogen (secondary N) is 1. The highest BCUT2D eigenvalue weighted by Gasteiger charge is 2.15. The largest absolute Gasteiger partial charge is 0.480 e. The van der Waals surface area contributed by atoms with E-state index in [1.165, 1.54) is 19.3 Å². The number of carboxylic acid groups (broad SMARTS) is 1. The second-order valence-electron chi connectivity index (χ2n) is 5.12. The molecular formula is C13H24N2O4. The van der Waals surface area contributed by atoms with Gasteiger partial charge in [0.25, 0.3) is 0 Å². The predicted octanol–water partition coefficient (Wildman–Crippen LogP) is 1.48. The minimum atomic E-state index is -1.01. The van der Waals surface area contributed by atoms with E-state index in [0.717, 1.165) is 12.8 Å². The fourth-order valence-corrected chi connectivity index (χ4v) is 2.23. The zero-order valence-electron chi connectivity index (χ0n) is 11.3. The van der Waals surface area contributed by atoms with Crippen LogP contribution in [0.4, 0.5) is 4.79 Å². The molecule has 1 amide bonds. The van der Waals surface area contributed by atoms with Gasteiger partial charge in [-0.25, -0.2) is 4.79 Å². The third-order valence-corrected chi connectivity index (χ3v) is 3.45. The molecule has 1 saturated carbocycles. The van der Waals surface area contributed by atoms with E-state index < -0.39 is 18.1 Å². The van der Waals surface area contributed by atoms with Crippen molar-refractivity contribution in [3.8, 4) is 0 Å². The van der Waals surface area contributed by atoms with E-state index in [0.29, 0.717) is 31.9 Å². The van der Waals surface area contributed by atoms with Gasteiger partial charge in [-0.3, -0.25) is 4.79 Å². The molecule has 1 aliphatic carbocycles. The number of ether oxygens (including phenoxy) is 1. The smallest absolute Gasteiger partial charge is 0.407 e. The number of aliphatic carboxylic acids is 1. The number of nitrogens with two attached hydrogens (primary N) is 1. The first kappa shape index (κ1) is 15.8. The molecule has 1 unspecified atom stereocenters. The normalized spacial score (nSPS) is 17.7. The van der Waals surface area contributed by atoms with Crippen LogP contribution in [0.1, 0.15) is 44.9 Å². The lowest BCUT2D eigenvalue weighted by atomic mass is 9.90. The number of alkyl carbamates (subject to hydrolysis) is 1. The Kier molecular flexibility index (Phi) is 7.25. The lowest BCUT2D eigenvalue weighted by Gasteiger charge is -2.21. The van der Waals surface area contributed by atoms with Crippen molar-refractivity contribution in [3.05, 3.63) is 0 Å². The number of amides is 1. The number of carbonyl (C=O) groups is 2. The summed E-state index contributed by atoms with van der Waals surface area (Å²) < 4.78 is 5.14. The molecule has 4 N–H and O–H groups in total. The van der Waals surface area contributed by atoms with Gasteiger partial charge in [-0.2, -0.15) is 0 Å². The summed E-state index contributed by atoms with van der Waals surface area (Å²) in [4.78, 5) is 21.9. The SMILES string of the molecule is NC(CCCNC(=O)OCC1CCCCC1)C(=O)O. The minimum Gasteiger partial charge on any atom is -0.480 e. The Bertz CT molecular complexity index is 290. The average molecular weight is 272 g/mol. The Labute approximate surface area is 113 Å². The molecule has 6 heteroatoms. The van der Waals surface area contributed by atoms with Crippen molar-refractivity contribution in [2.24, 2.45) is 11.7 Å². The summed E-state index contributed by atoms with van der Waals surface area (Å²) in [6.07, 6.45) is 6.47. The topological polar surface area (TPSA) is 102 Å². The molecule has 1 atom stereocenters. The van der Waals surface area contributed by atoms with Crippen LogP contribution in [0.25, 0.3) is 0 Å². The van der Waals surface area contributed by atoms with Crippen molar-refractivity contribution >= 4 is 12.1 Å². The number of hydrogen-bond acceptors (Lipinski definition) is 4. The maximum absolute atomic E-state index is 11.4. The molecule has 0 spiro atoms. The molecule has 1 aliphatic rings. The van der Waals surface area contributed by atoms with E-state index in [-0.39, 0.29) is 0 Å². The van der Waals surface area contributed by atoms with Gasteiger partial charge in [-0.15, -0.1) is 0 Å². The van der Waals surface area contributed by atoms with Crippen LogP contribution in [0.3, 0.4) is 0 Å². The first-order valence-corrected chi connectivity index (χ1v) is 6.98. The Balaban J connectivity index is 2.00. The third kappa shape index (κ3) is 7.00. The first-order chi connectivity index (χ1) is 9.09. The van der Waals surface area contributed by atoms with Gasteiger partial charge in [-0.05, 0) is 31.6 Å². The van der Waals surface area contributed by atoms with Crippen molar-refractivity contribution in [3.63, 3.8) is 0 Å². The number of carboxylic acids is 1. The van der Waals surface area contributed by atoms with Gasteiger partial charge in [0.2, 0.25) is 0 Å². The maximum Gasteiger partial charge on any atom is 0.407 e. The van der Waals surface area contributed by atoms with Crippen LogP contribution in [0.15, 0.2) is 0 Å². The Morgan fingerprint density at radius 1 is 1.32 bits per heavy atom. The highest BCUT2D eigenvalue weighted by Crippen LogP contribution is 2.23. The zero-order valence-corrected chi connectivity index (χ0v) is 11.3. The Morgan fingerprint density at radius 3 is 2.63 bits per heavy atom. The maximum atomic E-state index is 11.4. The highest BCUT2D eigenvalue weighted by molar-refractivity contribution is 5.73. The molecule has 1 rings (SSSR count). The quantitative estimate of drug-likeness (QED) is 0.609. The van der Waals surface area contributed by atoms with E-state index in [9.17, 15) is 9.59 Å². The Hall–Kier alpha value is -1.30. The van der Waals surface area contributed by atoms with Gasteiger partial charge in [0.05, 0.1) is 6.61 Å². The Morgan fingerprint density at radius 2 is 2.00 bits per heavy atom. The molecule has 1 fully saturated rings. The molecule has 0 aromatic heterocycles. The van der Waals surface area contributed by atoms with Crippen molar-refractivity contribution < 1.29 is 19.4 Å². The number of carbonyl (C=O) groups excluding carboxylic acids is 1. The molecular weight excluding hydrogens is 248 g/mol. The third-order valence-electron chi connectivity index (χ3n) is 3.45. The summed E-state index contributed by atoms with van der Waals surface area (Å²) in [5.74, 6) is -0.514. The first-order valence-electron chi connectivity index (χ1n) is 6.98. The fourth-order valence-electron chi connectivity index (χ4n) is 2.23. The van der Waals surface area contributed by atoms with Gasteiger partial charge < -0.3 is 20.9 Å². The monoisotopic (exact) mass is 272 g/mol. The molecule has 110 valence electrons. The molecule has 0 bridgehead atoms. The summed E-state index contributed by atoms with van der Waals surface area (Å²) in [5.41, 5.74) is 5.35. The van der Waals surface area contributed by atoms with Crippen LogP contribution in [0.2, 0.25) is 0 Å². The number of rotatable bonds is 7. The van der Waals surface area contributed by atoms with E-state index in [1.807, 2.05) is 0 Å². The molecule has 19 heavy (non-hydrogen) atoms. The van der Waals surface area contributed by atoms with Crippen LogP contribution in [0, 0.1) is 5.92 Å². The second-order valence-corrected chi connectivity index (χ2v) is 5.12. The second kappa shape index (κ2) is 8.74. The lowest BCUT2D eigenvalue weighted by molar-refractivity contribution is -0.138. The van der Waals surface area contributed by atoms with Crippen molar-refractivity contribution in [1.29, 1.82) is 0 Å². The fraction of sp³-hybridized carbons (Fsp3) is 0.846. The molecule has 0 saturated heterocycles. The summed E-state index contributed by atoms with van der Waals surface area (Å²) in [6, 6.07) is -0.861. The van der Waals surface area contributed by atoms with Crippen molar-refractivity contribution in [2.75, 3.05) is 13.2 Å². The lowest BCUT2D eigenvalue weighted by Crippen LogP contribution is -2.32. The summed E-state index contributed by atoms with van der Waals surface area (Å²) in [5, 5.41) is 11.2.